The van der Waals surface area contributed by atoms with Gasteiger partial charge in [0.05, 0.1) is 18.0 Å². The van der Waals surface area contributed by atoms with Gasteiger partial charge in [0.1, 0.15) is 0 Å². The van der Waals surface area contributed by atoms with Crippen molar-refractivity contribution >= 4 is 17.7 Å². The Morgan fingerprint density at radius 1 is 1.56 bits per heavy atom. The van der Waals surface area contributed by atoms with Crippen molar-refractivity contribution in [1.29, 1.82) is 0 Å². The molecule has 0 amide bonds. The second-order valence-corrected chi connectivity index (χ2v) is 3.42. The van der Waals surface area contributed by atoms with Crippen molar-refractivity contribution in [2.24, 2.45) is 0 Å². The Bertz CT molecular complexity index is 481. The number of carbonyl (C=O) groups is 1. The summed E-state index contributed by atoms with van der Waals surface area (Å²) >= 11 is 0. The smallest absolute Gasteiger partial charge is 0.311 e. The summed E-state index contributed by atoms with van der Waals surface area (Å²) < 4.78 is 4.72. The minimum Gasteiger partial charge on any atom is -0.502 e. The number of nitro groups is 1. The van der Waals surface area contributed by atoms with E-state index in [4.69, 9.17) is 4.74 Å². The molecule has 0 heterocycles. The van der Waals surface area contributed by atoms with Crippen LogP contribution in [0.4, 0.5) is 5.69 Å². The zero-order valence-electron chi connectivity index (χ0n) is 9.83. The zero-order chi connectivity index (χ0) is 13.5. The van der Waals surface area contributed by atoms with Crippen molar-refractivity contribution < 1.29 is 19.6 Å². The quantitative estimate of drug-likeness (QED) is 0.492. The molecular formula is C12H13NO5. The van der Waals surface area contributed by atoms with Gasteiger partial charge in [-0.3, -0.25) is 14.9 Å². The van der Waals surface area contributed by atoms with E-state index in [0.717, 1.165) is 0 Å². The maximum atomic E-state index is 11.0. The van der Waals surface area contributed by atoms with Crippen LogP contribution < -0.4 is 0 Å². The highest BCUT2D eigenvalue weighted by Gasteiger charge is 2.12. The zero-order valence-corrected chi connectivity index (χ0v) is 9.83. The molecule has 1 rings (SSSR count). The normalized spacial score (nSPS) is 10.5. The summed E-state index contributed by atoms with van der Waals surface area (Å²) in [5, 5.41) is 19.8. The topological polar surface area (TPSA) is 89.7 Å². The highest BCUT2D eigenvalue weighted by Crippen LogP contribution is 2.26. The Kier molecular flexibility index (Phi) is 4.86. The van der Waals surface area contributed by atoms with Crippen LogP contribution in [0.1, 0.15) is 18.9 Å². The molecule has 0 saturated heterocycles. The monoisotopic (exact) mass is 251 g/mol. The molecule has 0 saturated carbocycles. The van der Waals surface area contributed by atoms with Gasteiger partial charge in [0.25, 0.3) is 0 Å². The van der Waals surface area contributed by atoms with E-state index in [2.05, 4.69) is 0 Å². The van der Waals surface area contributed by atoms with Gasteiger partial charge in [0.15, 0.2) is 5.75 Å². The van der Waals surface area contributed by atoms with Crippen molar-refractivity contribution in [3.63, 3.8) is 0 Å². The van der Waals surface area contributed by atoms with Gasteiger partial charge in [-0.15, -0.1) is 0 Å². The van der Waals surface area contributed by atoms with Gasteiger partial charge in [-0.05, 0) is 18.6 Å². The van der Waals surface area contributed by atoms with Crippen LogP contribution in [0, 0.1) is 10.1 Å². The van der Waals surface area contributed by atoms with Gasteiger partial charge in [0, 0.05) is 6.07 Å². The number of benzene rings is 1. The molecule has 6 nitrogen and oxygen atoms in total. The van der Waals surface area contributed by atoms with Gasteiger partial charge in [-0.25, -0.2) is 0 Å². The third-order valence-electron chi connectivity index (χ3n) is 2.10. The number of nitrogens with zero attached hydrogens (tertiary/aromatic N) is 1. The van der Waals surface area contributed by atoms with E-state index < -0.39 is 4.92 Å². The molecule has 1 N–H and O–H groups in total. The maximum Gasteiger partial charge on any atom is 0.311 e. The number of esters is 1. The Morgan fingerprint density at radius 2 is 2.28 bits per heavy atom. The predicted octanol–water partition coefficient (Wildman–Crippen LogP) is 2.27. The maximum absolute atomic E-state index is 11.0. The van der Waals surface area contributed by atoms with E-state index in [1.807, 2.05) is 0 Å². The van der Waals surface area contributed by atoms with E-state index in [9.17, 15) is 20.0 Å². The second-order valence-electron chi connectivity index (χ2n) is 3.42. The van der Waals surface area contributed by atoms with Crippen LogP contribution in [0.25, 0.3) is 6.08 Å². The molecule has 0 aliphatic rings. The van der Waals surface area contributed by atoms with Gasteiger partial charge in [-0.2, -0.15) is 0 Å². The molecule has 0 atom stereocenters. The average molecular weight is 251 g/mol. The minimum absolute atomic E-state index is 0.0997. The van der Waals surface area contributed by atoms with Gasteiger partial charge in [-0.1, -0.05) is 18.2 Å². The first-order valence-electron chi connectivity index (χ1n) is 5.34. The van der Waals surface area contributed by atoms with Crippen molar-refractivity contribution in [3.8, 4) is 5.75 Å². The highest BCUT2D eigenvalue weighted by molar-refractivity contribution is 5.72. The number of ether oxygens (including phenoxy) is 1. The number of rotatable bonds is 5. The van der Waals surface area contributed by atoms with E-state index in [1.54, 1.807) is 19.1 Å². The Balaban J connectivity index is 2.73. The lowest BCUT2D eigenvalue weighted by atomic mass is 10.1. The lowest BCUT2D eigenvalue weighted by molar-refractivity contribution is -0.385. The number of phenolic OH excluding ortho intramolecular Hbond substituents is 1. The van der Waals surface area contributed by atoms with Crippen molar-refractivity contribution in [2.75, 3.05) is 6.61 Å². The molecule has 0 spiro atoms. The van der Waals surface area contributed by atoms with E-state index in [-0.39, 0.29) is 23.8 Å². The number of aromatic hydroxyl groups is 1. The first-order valence-corrected chi connectivity index (χ1v) is 5.34. The van der Waals surface area contributed by atoms with Crippen LogP contribution in [-0.4, -0.2) is 22.6 Å². The number of hydrogen-bond acceptors (Lipinski definition) is 5. The molecule has 0 bridgehead atoms. The third kappa shape index (κ3) is 3.89. The van der Waals surface area contributed by atoms with Crippen LogP contribution in [0.5, 0.6) is 5.75 Å². The molecule has 0 aromatic heterocycles. The molecule has 0 unspecified atom stereocenters. The van der Waals surface area contributed by atoms with Crippen molar-refractivity contribution in [1.82, 2.24) is 0 Å². The number of nitro benzene ring substituents is 1. The van der Waals surface area contributed by atoms with Gasteiger partial charge < -0.3 is 9.84 Å². The van der Waals surface area contributed by atoms with E-state index in [0.29, 0.717) is 12.2 Å². The largest absolute Gasteiger partial charge is 0.502 e. The average Bonchev–Trinajstić information content (AvgIpc) is 2.31. The second kappa shape index (κ2) is 6.39. The number of carbonyl (C=O) groups excluding carboxylic acids is 1. The van der Waals surface area contributed by atoms with Crippen LogP contribution in [-0.2, 0) is 9.53 Å². The number of hydrogen-bond donors (Lipinski definition) is 1. The molecule has 0 aliphatic carbocycles. The first kappa shape index (κ1) is 13.7. The van der Waals surface area contributed by atoms with Gasteiger partial charge >= 0.3 is 11.7 Å². The molecular weight excluding hydrogens is 238 g/mol. The van der Waals surface area contributed by atoms with Crippen LogP contribution in [0.2, 0.25) is 0 Å². The number of phenols is 1. The molecule has 0 radical (unpaired) electrons. The first-order chi connectivity index (χ1) is 8.54. The third-order valence-corrected chi connectivity index (χ3v) is 2.10. The molecule has 96 valence electrons. The summed E-state index contributed by atoms with van der Waals surface area (Å²) in [5.74, 6) is -0.746. The summed E-state index contributed by atoms with van der Waals surface area (Å²) in [6, 6.07) is 3.99. The molecule has 1 aromatic rings. The summed E-state index contributed by atoms with van der Waals surface area (Å²) in [4.78, 5) is 21.0. The summed E-state index contributed by atoms with van der Waals surface area (Å²) in [6.45, 7) is 2.03. The standard InChI is InChI=1S/C12H13NO5/c1-2-18-12(15)5-3-4-9-6-7-11(14)10(8-9)13(16)17/h3-4,6-8,14H,2,5H2,1H3. The molecule has 1 aromatic carbocycles. The van der Waals surface area contributed by atoms with Crippen LogP contribution >= 0.6 is 0 Å². The van der Waals surface area contributed by atoms with Crippen LogP contribution in [0.3, 0.4) is 0 Å². The lowest BCUT2D eigenvalue weighted by Gasteiger charge is -1.98. The highest BCUT2D eigenvalue weighted by atomic mass is 16.6. The predicted molar refractivity (Wildman–Crippen MR) is 65.0 cm³/mol. The summed E-state index contributed by atoms with van der Waals surface area (Å²) in [6.07, 6.45) is 3.21. The molecule has 18 heavy (non-hydrogen) atoms. The summed E-state index contributed by atoms with van der Waals surface area (Å²) in [5.41, 5.74) is 0.164. The van der Waals surface area contributed by atoms with Crippen molar-refractivity contribution in [2.45, 2.75) is 13.3 Å². The van der Waals surface area contributed by atoms with E-state index >= 15 is 0 Å². The Morgan fingerprint density at radius 3 is 2.89 bits per heavy atom. The molecule has 0 aliphatic heterocycles. The van der Waals surface area contributed by atoms with Crippen molar-refractivity contribution in [3.05, 3.63) is 40.0 Å². The fourth-order valence-electron chi connectivity index (χ4n) is 1.30. The Labute approximate surface area is 104 Å². The van der Waals surface area contributed by atoms with E-state index in [1.165, 1.54) is 18.2 Å². The van der Waals surface area contributed by atoms with Crippen LogP contribution in [0.15, 0.2) is 24.3 Å². The fourth-order valence-corrected chi connectivity index (χ4v) is 1.30. The fraction of sp³-hybridized carbons (Fsp3) is 0.250. The lowest BCUT2D eigenvalue weighted by Crippen LogP contribution is -2.01. The molecule has 0 fully saturated rings. The summed E-state index contributed by atoms with van der Waals surface area (Å²) in [7, 11) is 0. The SMILES string of the molecule is CCOC(=O)CC=Cc1ccc(O)c([N+](=O)[O-])c1. The minimum atomic E-state index is -0.669. The Hall–Kier alpha value is -2.37. The van der Waals surface area contributed by atoms with Gasteiger partial charge in [0.2, 0.25) is 0 Å². The molecule has 6 heteroatoms.